The van der Waals surface area contributed by atoms with Crippen molar-refractivity contribution in [3.63, 3.8) is 0 Å². The first kappa shape index (κ1) is 17.5. The van der Waals surface area contributed by atoms with E-state index in [0.717, 1.165) is 0 Å². The Morgan fingerprint density at radius 1 is 1.16 bits per heavy atom. The molecule has 0 atom stereocenters. The van der Waals surface area contributed by atoms with Gasteiger partial charge in [-0.15, -0.1) is 0 Å². The minimum absolute atomic E-state index is 0.0379. The maximum Gasteiger partial charge on any atom is 0.409 e. The third-order valence-electron chi connectivity index (χ3n) is 4.48. The first-order chi connectivity index (χ1) is 12.0. The molecule has 0 aromatic heterocycles. The number of nitrogens with zero attached hydrogens (tertiary/aromatic N) is 2. The Bertz CT molecular complexity index is 724. The monoisotopic (exact) mass is 362 g/mol. The molecule has 2 aliphatic rings. The van der Waals surface area contributed by atoms with Gasteiger partial charge in [0, 0.05) is 19.1 Å². The summed E-state index contributed by atoms with van der Waals surface area (Å²) in [6, 6.07) is 8.68. The lowest BCUT2D eigenvalue weighted by Crippen LogP contribution is -2.49. The van der Waals surface area contributed by atoms with Gasteiger partial charge in [0.15, 0.2) is 0 Å². The highest BCUT2D eigenvalue weighted by atomic mass is 35.5. The Kier molecular flexibility index (Phi) is 5.08. The molecule has 0 unspecified atom stereocenters. The van der Waals surface area contributed by atoms with E-state index < -0.39 is 5.91 Å². The molecule has 2 heterocycles. The maximum absolute atomic E-state index is 12.8. The number of imide groups is 1. The second-order valence-electron chi connectivity index (χ2n) is 5.95. The molecule has 1 aromatic rings. The molecule has 6 nitrogen and oxygen atoms in total. The standard InChI is InChI=1S/C18H19ClN2O4/c1-2-25-18(24)20-10-8-13(9-11-20)21-16(22)14(15(19)17(21)23)12-6-4-3-5-7-12/h3-7,13H,2,8-11H2,1H3. The highest BCUT2D eigenvalue weighted by Crippen LogP contribution is 2.34. The van der Waals surface area contributed by atoms with E-state index in [1.54, 1.807) is 36.1 Å². The van der Waals surface area contributed by atoms with Crippen molar-refractivity contribution in [1.82, 2.24) is 9.80 Å². The van der Waals surface area contributed by atoms with Gasteiger partial charge in [-0.2, -0.15) is 0 Å². The number of benzene rings is 1. The molecule has 1 fully saturated rings. The van der Waals surface area contributed by atoms with Gasteiger partial charge in [0.2, 0.25) is 0 Å². The van der Waals surface area contributed by atoms with Crippen LogP contribution in [0.5, 0.6) is 0 Å². The van der Waals surface area contributed by atoms with E-state index in [4.69, 9.17) is 16.3 Å². The number of piperidine rings is 1. The second kappa shape index (κ2) is 7.27. The molecule has 0 bridgehead atoms. The van der Waals surface area contributed by atoms with Crippen molar-refractivity contribution < 1.29 is 19.1 Å². The van der Waals surface area contributed by atoms with Crippen molar-refractivity contribution in [1.29, 1.82) is 0 Å². The minimum Gasteiger partial charge on any atom is -0.450 e. The van der Waals surface area contributed by atoms with Crippen molar-refractivity contribution in [3.8, 4) is 0 Å². The summed E-state index contributed by atoms with van der Waals surface area (Å²) in [5.41, 5.74) is 0.886. The first-order valence-corrected chi connectivity index (χ1v) is 8.67. The average molecular weight is 363 g/mol. The lowest BCUT2D eigenvalue weighted by atomic mass is 10.0. The van der Waals surface area contributed by atoms with Gasteiger partial charge in [-0.25, -0.2) is 4.79 Å². The highest BCUT2D eigenvalue weighted by molar-refractivity contribution is 6.55. The third-order valence-corrected chi connectivity index (χ3v) is 4.83. The van der Waals surface area contributed by atoms with Crippen LogP contribution >= 0.6 is 11.6 Å². The Morgan fingerprint density at radius 3 is 2.40 bits per heavy atom. The molecule has 25 heavy (non-hydrogen) atoms. The zero-order valence-corrected chi connectivity index (χ0v) is 14.7. The van der Waals surface area contributed by atoms with E-state index >= 15 is 0 Å². The Hall–Kier alpha value is -2.34. The van der Waals surface area contributed by atoms with E-state index in [2.05, 4.69) is 0 Å². The smallest absolute Gasteiger partial charge is 0.409 e. The van der Waals surface area contributed by atoms with Gasteiger partial charge < -0.3 is 9.64 Å². The summed E-state index contributed by atoms with van der Waals surface area (Å²) in [6.07, 6.45) is 0.673. The van der Waals surface area contributed by atoms with Crippen LogP contribution < -0.4 is 0 Å². The number of hydrogen-bond acceptors (Lipinski definition) is 4. The van der Waals surface area contributed by atoms with E-state index in [0.29, 0.717) is 38.1 Å². The van der Waals surface area contributed by atoms with E-state index in [1.165, 1.54) is 4.90 Å². The van der Waals surface area contributed by atoms with E-state index in [9.17, 15) is 14.4 Å². The van der Waals surface area contributed by atoms with Crippen LogP contribution in [0, 0.1) is 0 Å². The summed E-state index contributed by atoms with van der Waals surface area (Å²) >= 11 is 6.18. The summed E-state index contributed by atoms with van der Waals surface area (Å²) in [4.78, 5) is 39.9. The predicted molar refractivity (Wildman–Crippen MR) is 92.7 cm³/mol. The van der Waals surface area contributed by atoms with Gasteiger partial charge in [-0.3, -0.25) is 14.5 Å². The fourth-order valence-corrected chi connectivity index (χ4v) is 3.51. The molecule has 1 saturated heterocycles. The minimum atomic E-state index is -0.458. The molecule has 3 amide bonds. The van der Waals surface area contributed by atoms with Crippen LogP contribution in [0.15, 0.2) is 35.4 Å². The summed E-state index contributed by atoms with van der Waals surface area (Å²) in [7, 11) is 0. The van der Waals surface area contributed by atoms with Crippen molar-refractivity contribution in [3.05, 3.63) is 40.9 Å². The van der Waals surface area contributed by atoms with Gasteiger partial charge >= 0.3 is 6.09 Å². The predicted octanol–water partition coefficient (Wildman–Crippen LogP) is 2.63. The third kappa shape index (κ3) is 3.26. The van der Waals surface area contributed by atoms with Gasteiger partial charge in [0.05, 0.1) is 12.2 Å². The SMILES string of the molecule is CCOC(=O)N1CCC(N2C(=O)C(Cl)=C(c3ccccc3)C2=O)CC1. The molecule has 0 radical (unpaired) electrons. The number of carbonyl (C=O) groups excluding carboxylic acids is 3. The molecule has 3 rings (SSSR count). The van der Waals surface area contributed by atoms with Crippen molar-refractivity contribution in [2.45, 2.75) is 25.8 Å². The molecule has 0 spiro atoms. The zero-order valence-electron chi connectivity index (χ0n) is 13.9. The Balaban J connectivity index is 1.73. The maximum atomic E-state index is 12.8. The topological polar surface area (TPSA) is 66.9 Å². The molecule has 7 heteroatoms. The highest BCUT2D eigenvalue weighted by Gasteiger charge is 2.43. The number of halogens is 1. The van der Waals surface area contributed by atoms with Crippen LogP contribution in [0.1, 0.15) is 25.3 Å². The zero-order chi connectivity index (χ0) is 18.0. The van der Waals surface area contributed by atoms with Gasteiger partial charge in [-0.05, 0) is 25.3 Å². The Labute approximate surface area is 151 Å². The van der Waals surface area contributed by atoms with Crippen LogP contribution in [0.3, 0.4) is 0 Å². The summed E-state index contributed by atoms with van der Waals surface area (Å²) in [5.74, 6) is -0.823. The molecular weight excluding hydrogens is 344 g/mol. The van der Waals surface area contributed by atoms with Crippen LogP contribution in [-0.2, 0) is 14.3 Å². The molecule has 132 valence electrons. The summed E-state index contributed by atoms with van der Waals surface area (Å²) in [5, 5.41) is -0.0379. The number of rotatable bonds is 3. The lowest BCUT2D eigenvalue weighted by molar-refractivity contribution is -0.140. The fraction of sp³-hybridized carbons (Fsp3) is 0.389. The number of amides is 3. The second-order valence-corrected chi connectivity index (χ2v) is 6.33. The van der Waals surface area contributed by atoms with Crippen LogP contribution in [0.2, 0.25) is 0 Å². The fourth-order valence-electron chi connectivity index (χ4n) is 3.23. The van der Waals surface area contributed by atoms with Gasteiger partial charge in [0.1, 0.15) is 5.03 Å². The van der Waals surface area contributed by atoms with Crippen molar-refractivity contribution >= 4 is 35.1 Å². The van der Waals surface area contributed by atoms with Crippen molar-refractivity contribution in [2.75, 3.05) is 19.7 Å². The molecule has 2 aliphatic heterocycles. The Morgan fingerprint density at radius 2 is 1.80 bits per heavy atom. The molecule has 0 saturated carbocycles. The summed E-state index contributed by atoms with van der Waals surface area (Å²) in [6.45, 7) is 2.96. The van der Waals surface area contributed by atoms with E-state index in [-0.39, 0.29) is 28.6 Å². The number of ether oxygens (including phenoxy) is 1. The van der Waals surface area contributed by atoms with Crippen LogP contribution in [0.25, 0.3) is 5.57 Å². The van der Waals surface area contributed by atoms with E-state index in [1.807, 2.05) is 6.07 Å². The van der Waals surface area contributed by atoms with Crippen molar-refractivity contribution in [2.24, 2.45) is 0 Å². The van der Waals surface area contributed by atoms with Crippen LogP contribution in [0.4, 0.5) is 4.79 Å². The number of carbonyl (C=O) groups is 3. The molecule has 1 aromatic carbocycles. The summed E-state index contributed by atoms with van der Waals surface area (Å²) < 4.78 is 4.99. The quantitative estimate of drug-likeness (QED) is 0.775. The number of likely N-dealkylation sites (tertiary alicyclic amines) is 1. The number of hydrogen-bond donors (Lipinski definition) is 0. The van der Waals surface area contributed by atoms with Gasteiger partial charge in [0.25, 0.3) is 11.8 Å². The largest absolute Gasteiger partial charge is 0.450 e. The molecular formula is C18H19ClN2O4. The average Bonchev–Trinajstić information content (AvgIpc) is 2.85. The molecule has 0 N–H and O–H groups in total. The lowest BCUT2D eigenvalue weighted by Gasteiger charge is -2.35. The first-order valence-electron chi connectivity index (χ1n) is 8.29. The van der Waals surface area contributed by atoms with Crippen LogP contribution in [-0.4, -0.2) is 53.4 Å². The van der Waals surface area contributed by atoms with Gasteiger partial charge in [-0.1, -0.05) is 41.9 Å². The normalized spacial score (nSPS) is 19.0. The molecule has 0 aliphatic carbocycles.